The third-order valence-corrected chi connectivity index (χ3v) is 6.13. The van der Waals surface area contributed by atoms with E-state index in [1.807, 2.05) is 66.7 Å². The lowest BCUT2D eigenvalue weighted by Gasteiger charge is -2.14. The number of rotatable bonds is 11. The van der Waals surface area contributed by atoms with Crippen molar-refractivity contribution >= 4 is 17.7 Å². The van der Waals surface area contributed by atoms with Crippen LogP contribution in [0.25, 0.3) is 0 Å². The summed E-state index contributed by atoms with van der Waals surface area (Å²) in [7, 11) is 0. The molecule has 2 atom stereocenters. The zero-order chi connectivity index (χ0) is 23.8. The number of amides is 3. The monoisotopic (exact) mass is 462 g/mol. The quantitative estimate of drug-likeness (QED) is 0.314. The minimum absolute atomic E-state index is 0.195. The largest absolute Gasteiger partial charge is 0.494 e. The first kappa shape index (κ1) is 23.5. The number of carbonyl (C=O) groups is 3. The summed E-state index contributed by atoms with van der Waals surface area (Å²) in [5, 5.41) is 2.79. The van der Waals surface area contributed by atoms with Crippen LogP contribution < -0.4 is 14.8 Å². The van der Waals surface area contributed by atoms with Gasteiger partial charge in [0, 0.05) is 6.54 Å². The van der Waals surface area contributed by atoms with Crippen molar-refractivity contribution in [2.75, 3.05) is 19.7 Å². The molecular weight excluding hydrogens is 432 g/mol. The minimum atomic E-state index is -0.305. The highest BCUT2D eigenvalue weighted by molar-refractivity contribution is 6.07. The van der Waals surface area contributed by atoms with Crippen LogP contribution in [-0.4, -0.2) is 42.3 Å². The van der Waals surface area contributed by atoms with Crippen LogP contribution in [0, 0.1) is 11.8 Å². The van der Waals surface area contributed by atoms with Gasteiger partial charge in [0.15, 0.2) is 0 Å². The van der Waals surface area contributed by atoms with Crippen LogP contribution in [0.3, 0.4) is 0 Å². The van der Waals surface area contributed by atoms with Gasteiger partial charge in [-0.1, -0.05) is 42.5 Å². The molecule has 34 heavy (non-hydrogen) atoms. The van der Waals surface area contributed by atoms with Crippen LogP contribution in [0.1, 0.15) is 31.2 Å². The molecule has 7 heteroatoms. The van der Waals surface area contributed by atoms with Gasteiger partial charge in [0.25, 0.3) is 0 Å². The molecule has 0 radical (unpaired) electrons. The normalized spacial score (nSPS) is 19.1. The molecule has 4 rings (SSSR count). The van der Waals surface area contributed by atoms with Crippen LogP contribution in [-0.2, 0) is 21.0 Å². The van der Waals surface area contributed by atoms with Crippen LogP contribution in [0.2, 0.25) is 0 Å². The Labute approximate surface area is 199 Å². The number of allylic oxidation sites excluding steroid dienone is 2. The average Bonchev–Trinajstić information content (AvgIpc) is 3.11. The molecular formula is C27H30N2O5. The van der Waals surface area contributed by atoms with Crippen molar-refractivity contribution in [3.05, 3.63) is 72.3 Å². The molecule has 2 aromatic rings. The summed E-state index contributed by atoms with van der Waals surface area (Å²) in [6.45, 7) is 1.32. The second-order valence-electron chi connectivity index (χ2n) is 8.57. The van der Waals surface area contributed by atoms with Crippen LogP contribution >= 0.6 is 0 Å². The summed E-state index contributed by atoms with van der Waals surface area (Å²) in [4.78, 5) is 38.2. The molecule has 3 amide bonds. The summed E-state index contributed by atoms with van der Waals surface area (Å²) >= 11 is 0. The van der Waals surface area contributed by atoms with Crippen molar-refractivity contribution in [3.8, 4) is 11.5 Å². The maximum absolute atomic E-state index is 12.4. The fraction of sp³-hybridized carbons (Fsp3) is 0.370. The molecule has 1 N–H and O–H groups in total. The lowest BCUT2D eigenvalue weighted by Crippen LogP contribution is -2.41. The number of nitrogens with one attached hydrogen (secondary N) is 1. The van der Waals surface area contributed by atoms with Crippen molar-refractivity contribution in [2.45, 2.75) is 32.3 Å². The zero-order valence-corrected chi connectivity index (χ0v) is 19.2. The van der Waals surface area contributed by atoms with E-state index in [9.17, 15) is 14.4 Å². The number of ether oxygens (including phenoxy) is 2. The van der Waals surface area contributed by atoms with E-state index in [0.717, 1.165) is 34.8 Å². The number of hydrogen-bond donors (Lipinski definition) is 1. The van der Waals surface area contributed by atoms with E-state index < -0.39 is 0 Å². The highest BCUT2D eigenvalue weighted by Gasteiger charge is 2.47. The molecule has 1 aliphatic carbocycles. The molecule has 0 aromatic heterocycles. The molecule has 178 valence electrons. The van der Waals surface area contributed by atoms with Crippen LogP contribution in [0.4, 0.5) is 0 Å². The standard InChI is InChI=1S/C27H30N2O5/c30-25(18-29-26(31)23-10-4-5-11-24(23)27(29)32)28-16-6-7-17-33-21-12-14-22(15-13-21)34-19-20-8-2-1-3-9-20/h1-5,8-9,12-15,23-24H,6-7,10-11,16-19H2,(H,28,30)/t23-,24+. The summed E-state index contributed by atoms with van der Waals surface area (Å²) < 4.78 is 11.5. The van der Waals surface area contributed by atoms with Gasteiger partial charge in [-0.3, -0.25) is 19.3 Å². The number of carbonyl (C=O) groups excluding carboxylic acids is 3. The highest BCUT2D eigenvalue weighted by atomic mass is 16.5. The third kappa shape index (κ3) is 6.04. The molecule has 1 heterocycles. The second kappa shape index (κ2) is 11.5. The Bertz CT molecular complexity index is 993. The lowest BCUT2D eigenvalue weighted by molar-refractivity contribution is -0.143. The van der Waals surface area contributed by atoms with Crippen LogP contribution in [0.15, 0.2) is 66.7 Å². The van der Waals surface area contributed by atoms with E-state index in [1.54, 1.807) is 0 Å². The fourth-order valence-corrected chi connectivity index (χ4v) is 4.24. The SMILES string of the molecule is O=C(CN1C(=O)[C@H]2CC=CC[C@H]2C1=O)NCCCCOc1ccc(OCc2ccccc2)cc1. The number of fused-ring (bicyclic) bond motifs is 1. The van der Waals surface area contributed by atoms with Gasteiger partial charge < -0.3 is 14.8 Å². The maximum atomic E-state index is 12.4. The molecule has 0 unspecified atom stereocenters. The Morgan fingerprint density at radius 3 is 2.12 bits per heavy atom. The topological polar surface area (TPSA) is 84.9 Å². The van der Waals surface area contributed by atoms with E-state index in [0.29, 0.717) is 32.6 Å². The Morgan fingerprint density at radius 1 is 0.853 bits per heavy atom. The predicted molar refractivity (Wildman–Crippen MR) is 127 cm³/mol. The van der Waals surface area contributed by atoms with Crippen molar-refractivity contribution in [2.24, 2.45) is 11.8 Å². The smallest absolute Gasteiger partial charge is 0.240 e. The molecule has 0 spiro atoms. The lowest BCUT2D eigenvalue weighted by atomic mass is 9.85. The Balaban J connectivity index is 1.08. The van der Waals surface area contributed by atoms with Crippen molar-refractivity contribution < 1.29 is 23.9 Å². The van der Waals surface area contributed by atoms with Gasteiger partial charge in [-0.05, 0) is 55.5 Å². The molecule has 0 saturated carbocycles. The zero-order valence-electron chi connectivity index (χ0n) is 19.2. The van der Waals surface area contributed by atoms with Crippen molar-refractivity contribution in [1.82, 2.24) is 10.2 Å². The average molecular weight is 463 g/mol. The number of nitrogens with zero attached hydrogens (tertiary/aromatic N) is 1. The van der Waals surface area contributed by atoms with Gasteiger partial charge in [-0.2, -0.15) is 0 Å². The van der Waals surface area contributed by atoms with Gasteiger partial charge in [-0.25, -0.2) is 0 Å². The van der Waals surface area contributed by atoms with Crippen LogP contribution in [0.5, 0.6) is 11.5 Å². The molecule has 1 aliphatic heterocycles. The molecule has 1 saturated heterocycles. The maximum Gasteiger partial charge on any atom is 0.240 e. The van der Waals surface area contributed by atoms with Crippen molar-refractivity contribution in [3.63, 3.8) is 0 Å². The first-order valence-corrected chi connectivity index (χ1v) is 11.8. The van der Waals surface area contributed by atoms with Gasteiger partial charge in [0.2, 0.25) is 17.7 Å². The van der Waals surface area contributed by atoms with E-state index in [2.05, 4.69) is 5.32 Å². The third-order valence-electron chi connectivity index (χ3n) is 6.13. The Hall–Kier alpha value is -3.61. The number of unbranched alkanes of at least 4 members (excludes halogenated alkanes) is 1. The molecule has 0 bridgehead atoms. The first-order chi connectivity index (χ1) is 16.6. The number of likely N-dealkylation sites (tertiary alicyclic amines) is 1. The second-order valence-corrected chi connectivity index (χ2v) is 8.57. The minimum Gasteiger partial charge on any atom is -0.494 e. The number of imide groups is 1. The van der Waals surface area contributed by atoms with Gasteiger partial charge in [0.1, 0.15) is 24.7 Å². The molecule has 7 nitrogen and oxygen atoms in total. The van der Waals surface area contributed by atoms with E-state index in [4.69, 9.17) is 9.47 Å². The van der Waals surface area contributed by atoms with E-state index in [-0.39, 0.29) is 36.1 Å². The van der Waals surface area contributed by atoms with Crippen molar-refractivity contribution in [1.29, 1.82) is 0 Å². The predicted octanol–water partition coefficient (Wildman–Crippen LogP) is 3.49. The van der Waals surface area contributed by atoms with E-state index in [1.165, 1.54) is 0 Å². The Morgan fingerprint density at radius 2 is 1.47 bits per heavy atom. The highest BCUT2D eigenvalue weighted by Crippen LogP contribution is 2.34. The Kier molecular flexibility index (Phi) is 7.96. The van der Waals surface area contributed by atoms with E-state index >= 15 is 0 Å². The number of benzene rings is 2. The van der Waals surface area contributed by atoms with Gasteiger partial charge in [-0.15, -0.1) is 0 Å². The van der Waals surface area contributed by atoms with Gasteiger partial charge in [0.05, 0.1) is 18.4 Å². The summed E-state index contributed by atoms with van der Waals surface area (Å²) in [5.74, 6) is 0.195. The number of hydrogen-bond acceptors (Lipinski definition) is 5. The summed E-state index contributed by atoms with van der Waals surface area (Å²) in [5.41, 5.74) is 1.11. The molecule has 1 fully saturated rings. The molecule has 2 aliphatic rings. The molecule has 2 aromatic carbocycles. The summed E-state index contributed by atoms with van der Waals surface area (Å²) in [6.07, 6.45) is 6.54. The fourth-order valence-electron chi connectivity index (χ4n) is 4.24. The first-order valence-electron chi connectivity index (χ1n) is 11.8. The van der Waals surface area contributed by atoms with Gasteiger partial charge >= 0.3 is 0 Å². The summed E-state index contributed by atoms with van der Waals surface area (Å²) in [6, 6.07) is 17.5.